The Labute approximate surface area is 378 Å². The van der Waals surface area contributed by atoms with Crippen molar-refractivity contribution < 1.29 is 15.0 Å². The molecule has 0 radical (unpaired) electrons. The van der Waals surface area contributed by atoms with E-state index >= 15 is 0 Å². The number of rotatable bonds is 44. The lowest BCUT2D eigenvalue weighted by Gasteiger charge is -2.22. The zero-order valence-electron chi connectivity index (χ0n) is 39.6. The highest BCUT2D eigenvalue weighted by atomic mass is 16.3. The molecule has 4 heteroatoms. The molecule has 0 aromatic carbocycles. The number of hydrogen-bond acceptors (Lipinski definition) is 3. The number of aliphatic hydroxyl groups excluding tert-OH is 2. The zero-order chi connectivity index (χ0) is 44.2. The van der Waals surface area contributed by atoms with Crippen LogP contribution in [0.4, 0.5) is 0 Å². The fraction of sp³-hybridized carbons (Fsp3) is 0.632. The van der Waals surface area contributed by atoms with Crippen LogP contribution in [0, 0.1) is 0 Å². The minimum atomic E-state index is -0.668. The van der Waals surface area contributed by atoms with Crippen molar-refractivity contribution in [2.24, 2.45) is 0 Å². The van der Waals surface area contributed by atoms with E-state index in [0.29, 0.717) is 12.8 Å². The van der Waals surface area contributed by atoms with Gasteiger partial charge in [-0.2, -0.15) is 0 Å². The van der Waals surface area contributed by atoms with E-state index in [4.69, 9.17) is 0 Å². The third-order valence-electron chi connectivity index (χ3n) is 10.7. The third-order valence-corrected chi connectivity index (χ3v) is 10.7. The number of unbranched alkanes of at least 4 members (excludes halogenated alkanes) is 17. The molecule has 2 unspecified atom stereocenters. The second-order valence-corrected chi connectivity index (χ2v) is 16.5. The average Bonchev–Trinajstić information content (AvgIpc) is 3.26. The van der Waals surface area contributed by atoms with Crippen molar-refractivity contribution in [3.8, 4) is 0 Å². The van der Waals surface area contributed by atoms with Gasteiger partial charge in [-0.15, -0.1) is 0 Å². The summed E-state index contributed by atoms with van der Waals surface area (Å²) in [6, 6.07) is -0.547. The van der Waals surface area contributed by atoms with E-state index in [1.54, 1.807) is 0 Å². The first-order chi connectivity index (χ1) is 30.2. The maximum atomic E-state index is 12.4. The molecule has 0 aliphatic rings. The molecule has 61 heavy (non-hydrogen) atoms. The van der Waals surface area contributed by atoms with Crippen molar-refractivity contribution in [1.29, 1.82) is 0 Å². The van der Waals surface area contributed by atoms with Gasteiger partial charge in [-0.05, 0) is 89.9 Å². The number of hydrogen-bond donors (Lipinski definition) is 3. The van der Waals surface area contributed by atoms with Gasteiger partial charge in [0.25, 0.3) is 0 Å². The van der Waals surface area contributed by atoms with Crippen LogP contribution >= 0.6 is 0 Å². The molecular formula is C57H95NO3. The molecule has 0 heterocycles. The number of nitrogens with one attached hydrogen (secondary N) is 1. The number of carbonyl (C=O) groups excluding carboxylic acids is 1. The summed E-state index contributed by atoms with van der Waals surface area (Å²) >= 11 is 0. The minimum absolute atomic E-state index is 0.0473. The molecule has 4 nitrogen and oxygen atoms in total. The number of aliphatic hydroxyl groups is 2. The molecule has 2 atom stereocenters. The molecule has 0 aromatic heterocycles. The van der Waals surface area contributed by atoms with Gasteiger partial charge < -0.3 is 15.5 Å². The smallest absolute Gasteiger partial charge is 0.220 e. The molecule has 0 spiro atoms. The maximum absolute atomic E-state index is 12.4. The third kappa shape index (κ3) is 47.7. The van der Waals surface area contributed by atoms with E-state index in [9.17, 15) is 15.0 Å². The summed E-state index contributed by atoms with van der Waals surface area (Å²) in [4.78, 5) is 12.4. The van der Waals surface area contributed by atoms with Crippen LogP contribution in [0.15, 0.2) is 122 Å². The van der Waals surface area contributed by atoms with Crippen molar-refractivity contribution in [2.45, 2.75) is 225 Å². The van der Waals surface area contributed by atoms with Crippen molar-refractivity contribution in [2.75, 3.05) is 6.61 Å². The maximum Gasteiger partial charge on any atom is 0.220 e. The second-order valence-electron chi connectivity index (χ2n) is 16.5. The fourth-order valence-corrected chi connectivity index (χ4v) is 6.92. The van der Waals surface area contributed by atoms with Crippen LogP contribution in [0.2, 0.25) is 0 Å². The molecule has 0 saturated heterocycles. The second kappa shape index (κ2) is 51.1. The molecule has 0 rings (SSSR count). The molecule has 346 valence electrons. The average molecular weight is 842 g/mol. The predicted octanol–water partition coefficient (Wildman–Crippen LogP) is 16.5. The Hall–Kier alpha value is -3.21. The number of carbonyl (C=O) groups is 1. The van der Waals surface area contributed by atoms with E-state index in [1.807, 2.05) is 0 Å². The van der Waals surface area contributed by atoms with E-state index in [2.05, 4.69) is 141 Å². The molecule has 1 amide bonds. The van der Waals surface area contributed by atoms with Gasteiger partial charge in [-0.3, -0.25) is 4.79 Å². The fourth-order valence-electron chi connectivity index (χ4n) is 6.92. The minimum Gasteiger partial charge on any atom is -0.394 e. The van der Waals surface area contributed by atoms with E-state index < -0.39 is 12.1 Å². The van der Waals surface area contributed by atoms with Gasteiger partial charge in [0.2, 0.25) is 5.91 Å². The van der Waals surface area contributed by atoms with Crippen molar-refractivity contribution in [3.05, 3.63) is 122 Å². The van der Waals surface area contributed by atoms with Crippen LogP contribution in [-0.2, 0) is 4.79 Å². The highest BCUT2D eigenvalue weighted by Gasteiger charge is 2.20. The first-order valence-electron chi connectivity index (χ1n) is 25.2. The van der Waals surface area contributed by atoms with Crippen LogP contribution < -0.4 is 5.32 Å². The summed E-state index contributed by atoms with van der Waals surface area (Å²) in [6.07, 6.45) is 78.7. The summed E-state index contributed by atoms with van der Waals surface area (Å²) in [5, 5.41) is 23.1. The van der Waals surface area contributed by atoms with Crippen molar-refractivity contribution in [3.63, 3.8) is 0 Å². The van der Waals surface area contributed by atoms with Crippen LogP contribution in [0.25, 0.3) is 0 Å². The Bertz CT molecular complexity index is 1230. The molecule has 0 bridgehead atoms. The summed E-state index contributed by atoms with van der Waals surface area (Å²) in [5.74, 6) is -0.0473. The first kappa shape index (κ1) is 57.8. The Morgan fingerprint density at radius 3 is 1.08 bits per heavy atom. The highest BCUT2D eigenvalue weighted by Crippen LogP contribution is 2.14. The van der Waals surface area contributed by atoms with Crippen LogP contribution in [0.1, 0.15) is 213 Å². The zero-order valence-corrected chi connectivity index (χ0v) is 39.6. The van der Waals surface area contributed by atoms with Gasteiger partial charge in [0.15, 0.2) is 0 Å². The largest absolute Gasteiger partial charge is 0.394 e. The quantitative estimate of drug-likeness (QED) is 0.0423. The highest BCUT2D eigenvalue weighted by molar-refractivity contribution is 5.76. The van der Waals surface area contributed by atoms with Crippen molar-refractivity contribution in [1.82, 2.24) is 5.32 Å². The monoisotopic (exact) mass is 842 g/mol. The SMILES string of the molecule is CC/C=C\C/C=C\C/C=C\C/C=C\C/C=C\C/C=C\C/C=C\C/C=C\C/C=C\C/C=C\CCCCCCCCCCC(=O)NC(CO)C(O)CCCCCCCCCCCC. The molecule has 0 fully saturated rings. The van der Waals surface area contributed by atoms with Gasteiger partial charge in [0.05, 0.1) is 18.8 Å². The molecule has 0 saturated carbocycles. The van der Waals surface area contributed by atoms with Gasteiger partial charge in [-0.1, -0.05) is 238 Å². The Morgan fingerprint density at radius 2 is 0.721 bits per heavy atom. The Balaban J connectivity index is 3.62. The van der Waals surface area contributed by atoms with Crippen molar-refractivity contribution >= 4 is 5.91 Å². The first-order valence-corrected chi connectivity index (χ1v) is 25.2. The van der Waals surface area contributed by atoms with Crippen LogP contribution in [-0.4, -0.2) is 34.9 Å². The lowest BCUT2D eigenvalue weighted by atomic mass is 10.0. The molecular weight excluding hydrogens is 747 g/mol. The molecule has 0 aliphatic heterocycles. The van der Waals surface area contributed by atoms with Gasteiger partial charge >= 0.3 is 0 Å². The van der Waals surface area contributed by atoms with Crippen LogP contribution in [0.3, 0.4) is 0 Å². The van der Waals surface area contributed by atoms with Gasteiger partial charge in [0, 0.05) is 6.42 Å². The molecule has 0 aromatic rings. The number of amides is 1. The standard InChI is InChI=1S/C57H95NO3/c1-3-5-7-9-11-13-15-16-17-18-19-20-21-22-23-24-25-26-27-28-29-30-31-32-33-34-35-36-37-38-39-40-41-42-43-45-47-49-51-53-57(61)58-55(54-59)56(60)52-50-48-46-44-14-12-10-8-6-4-2/h5,7,11,13,16-17,19-20,22-23,25-26,28-29,31-32,34-35,37-38,55-56,59-60H,3-4,6,8-10,12,14-15,18,21,24,27,30,33,36,39-54H2,1-2H3,(H,58,61)/b7-5-,13-11-,17-16-,20-19-,23-22-,26-25-,29-28-,32-31-,35-34-,38-37-. The summed E-state index contributed by atoms with van der Waals surface area (Å²) in [6.45, 7) is 4.21. The van der Waals surface area contributed by atoms with Crippen LogP contribution in [0.5, 0.6) is 0 Å². The van der Waals surface area contributed by atoms with Gasteiger partial charge in [0.1, 0.15) is 0 Å². The predicted molar refractivity (Wildman–Crippen MR) is 271 cm³/mol. The summed E-state index contributed by atoms with van der Waals surface area (Å²) < 4.78 is 0. The normalized spacial score (nSPS) is 14.0. The Kier molecular flexibility index (Phi) is 48.5. The summed E-state index contributed by atoms with van der Waals surface area (Å²) in [7, 11) is 0. The summed E-state index contributed by atoms with van der Waals surface area (Å²) in [5.41, 5.74) is 0. The number of allylic oxidation sites excluding steroid dienone is 20. The van der Waals surface area contributed by atoms with E-state index in [-0.39, 0.29) is 12.5 Å². The lowest BCUT2D eigenvalue weighted by Crippen LogP contribution is -2.45. The Morgan fingerprint density at radius 1 is 0.410 bits per heavy atom. The van der Waals surface area contributed by atoms with E-state index in [0.717, 1.165) is 96.3 Å². The molecule has 3 N–H and O–H groups in total. The van der Waals surface area contributed by atoms with E-state index in [1.165, 1.54) is 89.9 Å². The lowest BCUT2D eigenvalue weighted by molar-refractivity contribution is -0.123. The van der Waals surface area contributed by atoms with Gasteiger partial charge in [-0.25, -0.2) is 0 Å². The topological polar surface area (TPSA) is 69.6 Å². The molecule has 0 aliphatic carbocycles.